The monoisotopic (exact) mass is 2190 g/mol. The van der Waals surface area contributed by atoms with Crippen molar-refractivity contribution in [2.24, 2.45) is 46.3 Å². The Labute approximate surface area is 823 Å². The van der Waals surface area contributed by atoms with Crippen LogP contribution in [0, 0.1) is 46.3 Å². The number of allylic oxidation sites excluding steroid dienone is 1. The molecule has 0 saturated heterocycles. The molecule has 4 aliphatic carbocycles. The predicted molar refractivity (Wildman–Crippen MR) is 211 cm³/mol. The first kappa shape index (κ1) is 116. The van der Waals surface area contributed by atoms with Gasteiger partial charge in [-0.25, -0.2) is 4.79 Å². The zero-order valence-corrected chi connectivity index (χ0v) is 89.7. The van der Waals surface area contributed by atoms with Crippen molar-refractivity contribution in [3.8, 4) is 0 Å². The molecule has 0 bridgehead atoms. The molecule has 9 atom stereocenters. The fraction of sp³-hybridized carbons (Fsp3) is 0.905. The number of amides is 2. The molecule has 69 heavy (non-hydrogen) atoms. The number of carbonyl (C=O) groups excluding carboxylic acids is 2. The van der Waals surface area contributed by atoms with Gasteiger partial charge in [-0.2, -0.15) is 0 Å². The fourth-order valence-electron chi connectivity index (χ4n) is 10.8. The first-order valence-electron chi connectivity index (χ1n) is 21.2. The van der Waals surface area contributed by atoms with E-state index in [1.54, 1.807) is 0 Å². The van der Waals surface area contributed by atoms with E-state index in [0.717, 1.165) is 80.5 Å². The number of rotatable bonds is 23. The average molecular weight is 2190 g/mol. The van der Waals surface area contributed by atoms with E-state index < -0.39 is 7.60 Å². The van der Waals surface area contributed by atoms with Gasteiger partial charge in [0.05, 0.1) is 33.0 Å². The molecule has 1 unspecified atom stereocenters. The Morgan fingerprint density at radius 2 is 1.26 bits per heavy atom. The molecule has 354 valence electrons. The second-order valence-electron chi connectivity index (χ2n) is 17.9. The zero-order valence-electron chi connectivity index (χ0n) is 43.4. The second-order valence-corrected chi connectivity index (χ2v) is 19.7. The molecule has 3 fully saturated rings. The Hall–Kier alpha value is 16.2. The van der Waals surface area contributed by atoms with E-state index in [1.165, 1.54) is 63.6 Å². The van der Waals surface area contributed by atoms with Crippen molar-refractivity contribution in [2.45, 2.75) is 143 Å². The van der Waals surface area contributed by atoms with Crippen LogP contribution in [0.5, 0.6) is 0 Å². The first-order valence-corrected chi connectivity index (χ1v) is 23.3. The maximum absolute atomic E-state index is 12.7. The predicted octanol–water partition coefficient (Wildman–Crippen LogP) is 9.01. The molecular formula is C42H75N2O8PY16. The molecule has 10 nitrogen and oxygen atoms in total. The summed E-state index contributed by atoms with van der Waals surface area (Å²) >= 11 is 0. The van der Waals surface area contributed by atoms with Crippen LogP contribution in [0.3, 0.4) is 0 Å². The molecule has 0 aliphatic heterocycles. The molecule has 27 heteroatoms. The molecule has 16 radical (unpaired) electrons. The van der Waals surface area contributed by atoms with E-state index in [4.69, 9.17) is 23.6 Å². The molecule has 4 rings (SSSR count). The third kappa shape index (κ3) is 45.2. The standard InChI is InChI=1S/C42H75N2O8P.16Y/c1-31(2)12-11-13-32(3)36-16-17-37-35-15-14-33-30-34(18-21-41(33,4)38(35)19-22-42(36,37)5)52-40(46)44-24-27-50-29-28-49-26-20-39(45)43-23-9-7-8-10-25-51-53(6,47)48;;;;;;;;;;;;;;;;/h14,31-32,34-38H,7-13,15-30H2,1-6H3,(H,43,45)(H,44,46)(H,47,48);;;;;;;;;;;;;;;;/t32-,34+,35+,36-,37+,38+,41+,42-;;;;;;;;;;;;;;;;/m1................/s1. The van der Waals surface area contributed by atoms with E-state index in [2.05, 4.69) is 51.3 Å². The number of hydrogen-bond donors (Lipinski definition) is 3. The van der Waals surface area contributed by atoms with Gasteiger partial charge in [-0.3, -0.25) is 9.36 Å². The molecule has 0 spiro atoms. The first-order chi connectivity index (χ1) is 25.2. The Bertz CT molecular complexity index is 1280. The van der Waals surface area contributed by atoms with Gasteiger partial charge < -0.3 is 34.3 Å². The van der Waals surface area contributed by atoms with Crippen LogP contribution in [-0.4, -0.2) is 75.8 Å². The number of fused-ring (bicyclic) bond motifs is 5. The largest absolute Gasteiger partial charge is 0.446 e. The summed E-state index contributed by atoms with van der Waals surface area (Å²) in [5.41, 5.74) is 2.28. The number of ether oxygens (including phenoxy) is 3. The fourth-order valence-corrected chi connectivity index (χ4v) is 11.3. The normalized spacial score (nSPS) is 23.9. The summed E-state index contributed by atoms with van der Waals surface area (Å²) in [6.07, 6.45) is 19.6. The van der Waals surface area contributed by atoms with Crippen LogP contribution >= 0.6 is 7.60 Å². The Morgan fingerprint density at radius 3 is 1.84 bits per heavy atom. The van der Waals surface area contributed by atoms with Gasteiger partial charge in [0.25, 0.3) is 0 Å². The summed E-state index contributed by atoms with van der Waals surface area (Å²) in [5, 5.41) is 5.73. The van der Waals surface area contributed by atoms with Gasteiger partial charge in [-0.15, -0.1) is 0 Å². The van der Waals surface area contributed by atoms with Crippen LogP contribution in [0.15, 0.2) is 11.6 Å². The van der Waals surface area contributed by atoms with Crippen LogP contribution in [0.1, 0.15) is 137 Å². The van der Waals surface area contributed by atoms with Crippen molar-refractivity contribution in [1.82, 2.24) is 10.6 Å². The minimum absolute atomic E-state index is 0. The summed E-state index contributed by atoms with van der Waals surface area (Å²) in [6, 6.07) is 0. The maximum atomic E-state index is 12.7. The van der Waals surface area contributed by atoms with E-state index in [0.29, 0.717) is 51.4 Å². The number of nitrogens with one attached hydrogen (secondary N) is 2. The summed E-state index contributed by atoms with van der Waals surface area (Å²) < 4.78 is 32.9. The van der Waals surface area contributed by atoms with Crippen molar-refractivity contribution in [2.75, 3.05) is 52.8 Å². The maximum Gasteiger partial charge on any atom is 0.407 e. The molecule has 0 aromatic heterocycles. The number of unbranched alkanes of at least 4 members (excludes halogenated alkanes) is 3. The smallest absolute Gasteiger partial charge is 0.407 e. The molecule has 2 amide bonds. The van der Waals surface area contributed by atoms with E-state index in [9.17, 15) is 14.2 Å². The zero-order chi connectivity index (χ0) is 38.5. The molecule has 3 N–H and O–H groups in total. The van der Waals surface area contributed by atoms with Gasteiger partial charge in [0.1, 0.15) is 6.10 Å². The number of hydrogen-bond acceptors (Lipinski definition) is 7. The molecule has 4 aliphatic rings. The number of carbonyl (C=O) groups is 2. The second kappa shape index (κ2) is 65.7. The van der Waals surface area contributed by atoms with E-state index >= 15 is 0 Å². The van der Waals surface area contributed by atoms with Crippen LogP contribution in [0.4, 0.5) is 4.79 Å². The van der Waals surface area contributed by atoms with Gasteiger partial charge >= 0.3 is 13.7 Å². The van der Waals surface area contributed by atoms with Crippen molar-refractivity contribution in [3.05, 3.63) is 11.6 Å². The van der Waals surface area contributed by atoms with Crippen LogP contribution in [0.2, 0.25) is 0 Å². The van der Waals surface area contributed by atoms with E-state index in [1.807, 2.05) is 0 Å². The molecule has 3 saturated carbocycles. The van der Waals surface area contributed by atoms with Crippen molar-refractivity contribution < 1.29 is 561 Å². The third-order valence-electron chi connectivity index (χ3n) is 13.6. The quantitative estimate of drug-likeness (QED) is 0.0525. The van der Waals surface area contributed by atoms with Gasteiger partial charge in [0.15, 0.2) is 0 Å². The van der Waals surface area contributed by atoms with Crippen LogP contribution in [0.25, 0.3) is 0 Å². The average Bonchev–Trinajstić information content (AvgIpc) is 3.45. The van der Waals surface area contributed by atoms with E-state index in [-0.39, 0.29) is 553 Å². The van der Waals surface area contributed by atoms with Crippen molar-refractivity contribution in [1.29, 1.82) is 0 Å². The summed E-state index contributed by atoms with van der Waals surface area (Å²) in [6.45, 7) is 16.4. The van der Waals surface area contributed by atoms with Gasteiger partial charge in [0.2, 0.25) is 5.91 Å². The molecule has 0 aromatic carbocycles. The van der Waals surface area contributed by atoms with Crippen LogP contribution < -0.4 is 10.6 Å². The Balaban J connectivity index is -0.000000178. The minimum Gasteiger partial charge on any atom is -0.446 e. The molecular weight excluding hydrogens is 2110 g/mol. The minimum atomic E-state index is -3.39. The van der Waals surface area contributed by atoms with Gasteiger partial charge in [0, 0.05) is 556 Å². The Morgan fingerprint density at radius 1 is 0.681 bits per heavy atom. The SMILES string of the molecule is CC(C)CCC[C@@H](C)[C@H]1CC[C@H]2[C@@H]3CC=C4C[C@@H](OC(=O)NCCOCCOCCC(=O)NCCCCCCOP(C)(=O)O)CC[C@]4(C)[C@H]3CC[C@]12C.[Y].[Y].[Y].[Y].[Y].[Y].[Y].[Y].[Y].[Y].[Y].[Y].[Y].[Y].[Y].[Y]. The topological polar surface area (TPSA) is 132 Å². The van der Waals surface area contributed by atoms with Crippen molar-refractivity contribution >= 4 is 19.6 Å². The third-order valence-corrected chi connectivity index (χ3v) is 14.3. The summed E-state index contributed by atoms with van der Waals surface area (Å²) in [4.78, 5) is 33.7. The molecule has 0 heterocycles. The number of alkyl carbamates (subject to hydrolysis) is 1. The summed E-state index contributed by atoms with van der Waals surface area (Å²) in [7, 11) is -3.39. The van der Waals surface area contributed by atoms with Gasteiger partial charge in [-0.05, 0) is 104 Å². The Kier molecular flexibility index (Phi) is 110. The van der Waals surface area contributed by atoms with Crippen molar-refractivity contribution in [3.63, 3.8) is 0 Å². The molecule has 0 aromatic rings. The summed E-state index contributed by atoms with van der Waals surface area (Å²) in [5.74, 6) is 4.89. The van der Waals surface area contributed by atoms with Gasteiger partial charge in [-0.1, -0.05) is 78.4 Å². The van der Waals surface area contributed by atoms with Crippen LogP contribution in [-0.2, 0) is 551 Å².